The maximum absolute atomic E-state index is 11.1. The molecular formula is C22H18N4O2S. The summed E-state index contributed by atoms with van der Waals surface area (Å²) in [7, 11) is 0. The monoisotopic (exact) mass is 402 g/mol. The molecule has 29 heavy (non-hydrogen) atoms. The summed E-state index contributed by atoms with van der Waals surface area (Å²) in [6.45, 7) is 0. The molecule has 2 aromatic heterocycles. The number of hydrogen-bond acceptors (Lipinski definition) is 6. The lowest BCUT2D eigenvalue weighted by Gasteiger charge is -2.16. The van der Waals surface area contributed by atoms with Crippen molar-refractivity contribution in [2.45, 2.75) is 25.7 Å². The predicted molar refractivity (Wildman–Crippen MR) is 116 cm³/mol. The van der Waals surface area contributed by atoms with Crippen molar-refractivity contribution in [3.05, 3.63) is 75.4 Å². The molecule has 0 unspecified atom stereocenters. The largest absolute Gasteiger partial charge is 0.339 e. The molecule has 0 radical (unpaired) electrons. The van der Waals surface area contributed by atoms with E-state index in [0.29, 0.717) is 11.5 Å². The number of nitro benzene ring substituents is 1. The van der Waals surface area contributed by atoms with Crippen LogP contribution in [0.4, 0.5) is 17.2 Å². The first kappa shape index (κ1) is 17.8. The number of benzene rings is 2. The molecule has 6 nitrogen and oxygen atoms in total. The highest BCUT2D eigenvalue weighted by molar-refractivity contribution is 7.17. The van der Waals surface area contributed by atoms with Gasteiger partial charge in [0.15, 0.2) is 0 Å². The Labute approximate surface area is 171 Å². The minimum absolute atomic E-state index is 0.0422. The number of hydrogen-bond donors (Lipinski definition) is 1. The molecular weight excluding hydrogens is 384 g/mol. The third-order valence-corrected chi connectivity index (χ3v) is 6.24. The van der Waals surface area contributed by atoms with E-state index in [1.807, 2.05) is 0 Å². The average molecular weight is 402 g/mol. The van der Waals surface area contributed by atoms with Gasteiger partial charge in [-0.15, -0.1) is 11.3 Å². The zero-order chi connectivity index (χ0) is 19.8. The maximum Gasteiger partial charge on any atom is 0.271 e. The summed E-state index contributed by atoms with van der Waals surface area (Å²) < 4.78 is 0. The number of nitrogens with one attached hydrogen (secondary N) is 1. The molecule has 144 valence electrons. The van der Waals surface area contributed by atoms with Gasteiger partial charge in [-0.2, -0.15) is 0 Å². The molecule has 0 saturated carbocycles. The molecule has 0 amide bonds. The van der Waals surface area contributed by atoms with Gasteiger partial charge in [0, 0.05) is 28.8 Å². The van der Waals surface area contributed by atoms with Gasteiger partial charge in [-0.1, -0.05) is 24.3 Å². The molecule has 2 heterocycles. The van der Waals surface area contributed by atoms with Crippen molar-refractivity contribution >= 4 is 38.7 Å². The Morgan fingerprint density at radius 1 is 1.03 bits per heavy atom. The Hall–Kier alpha value is -3.32. The Morgan fingerprint density at radius 3 is 2.76 bits per heavy atom. The van der Waals surface area contributed by atoms with Crippen molar-refractivity contribution < 1.29 is 4.92 Å². The van der Waals surface area contributed by atoms with Gasteiger partial charge in [0.1, 0.15) is 17.0 Å². The van der Waals surface area contributed by atoms with Gasteiger partial charge < -0.3 is 5.32 Å². The second kappa shape index (κ2) is 7.25. The highest BCUT2D eigenvalue weighted by Crippen LogP contribution is 2.39. The SMILES string of the molecule is O=[N+]([O-])c1cccc(Nc2ncnc3scc(-c4ccc5c(c4)CCCC5)c23)c1. The van der Waals surface area contributed by atoms with Crippen LogP contribution in [0.2, 0.25) is 0 Å². The second-order valence-electron chi connectivity index (χ2n) is 7.17. The Balaban J connectivity index is 1.59. The predicted octanol–water partition coefficient (Wildman–Crippen LogP) is 5.89. The summed E-state index contributed by atoms with van der Waals surface area (Å²) in [4.78, 5) is 20.4. The normalized spacial score (nSPS) is 13.2. The van der Waals surface area contributed by atoms with E-state index in [1.165, 1.54) is 42.4 Å². The third kappa shape index (κ3) is 3.34. The number of nitro groups is 1. The van der Waals surface area contributed by atoms with Gasteiger partial charge in [-0.3, -0.25) is 10.1 Å². The van der Waals surface area contributed by atoms with E-state index in [0.717, 1.165) is 34.2 Å². The van der Waals surface area contributed by atoms with Crippen LogP contribution >= 0.6 is 11.3 Å². The number of thiophene rings is 1. The summed E-state index contributed by atoms with van der Waals surface area (Å²) in [5.74, 6) is 0.657. The molecule has 0 saturated heterocycles. The van der Waals surface area contributed by atoms with E-state index in [-0.39, 0.29) is 5.69 Å². The standard InChI is InChI=1S/C22H18N4O2S/c27-26(28)18-7-3-6-17(11-18)25-21-20-19(12-29-22(20)24-13-23-21)16-9-8-14-4-1-2-5-15(14)10-16/h3,6-13H,1-2,4-5H2,(H,23,24,25). The first-order chi connectivity index (χ1) is 14.2. The van der Waals surface area contributed by atoms with Crippen LogP contribution in [0.5, 0.6) is 0 Å². The minimum Gasteiger partial charge on any atom is -0.339 e. The number of aromatic nitrogens is 2. The Morgan fingerprint density at radius 2 is 1.90 bits per heavy atom. The zero-order valence-corrected chi connectivity index (χ0v) is 16.4. The topological polar surface area (TPSA) is 81.0 Å². The van der Waals surface area contributed by atoms with Crippen LogP contribution in [-0.4, -0.2) is 14.9 Å². The number of nitrogens with zero attached hydrogens (tertiary/aromatic N) is 3. The van der Waals surface area contributed by atoms with Gasteiger partial charge in [0.2, 0.25) is 0 Å². The van der Waals surface area contributed by atoms with E-state index in [1.54, 1.807) is 23.5 Å². The minimum atomic E-state index is -0.399. The molecule has 0 spiro atoms. The van der Waals surface area contributed by atoms with Crippen molar-refractivity contribution in [2.24, 2.45) is 0 Å². The van der Waals surface area contributed by atoms with Crippen LogP contribution < -0.4 is 5.32 Å². The molecule has 2 aromatic carbocycles. The fourth-order valence-corrected chi connectivity index (χ4v) is 4.83. The third-order valence-electron chi connectivity index (χ3n) is 5.35. The Kier molecular flexibility index (Phi) is 4.44. The number of fused-ring (bicyclic) bond motifs is 2. The van der Waals surface area contributed by atoms with Crippen LogP contribution in [0.1, 0.15) is 24.0 Å². The fraction of sp³-hybridized carbons (Fsp3) is 0.182. The number of non-ortho nitro benzene ring substituents is 1. The smallest absolute Gasteiger partial charge is 0.271 e. The van der Waals surface area contributed by atoms with E-state index < -0.39 is 4.92 Å². The van der Waals surface area contributed by atoms with Crippen molar-refractivity contribution in [1.29, 1.82) is 0 Å². The van der Waals surface area contributed by atoms with Gasteiger partial charge in [0.25, 0.3) is 5.69 Å². The Bertz CT molecular complexity index is 1230. The van der Waals surface area contributed by atoms with Crippen LogP contribution in [0.25, 0.3) is 21.3 Å². The summed E-state index contributed by atoms with van der Waals surface area (Å²) in [5.41, 5.74) is 5.80. The fourth-order valence-electron chi connectivity index (χ4n) is 3.92. The summed E-state index contributed by atoms with van der Waals surface area (Å²) >= 11 is 1.58. The molecule has 4 aromatic rings. The van der Waals surface area contributed by atoms with Gasteiger partial charge in [-0.05, 0) is 48.4 Å². The molecule has 0 fully saturated rings. The molecule has 1 aliphatic rings. The average Bonchev–Trinajstić information content (AvgIpc) is 3.19. The van der Waals surface area contributed by atoms with E-state index in [9.17, 15) is 10.1 Å². The van der Waals surface area contributed by atoms with Crippen molar-refractivity contribution in [3.8, 4) is 11.1 Å². The molecule has 0 bridgehead atoms. The molecule has 5 rings (SSSR count). The van der Waals surface area contributed by atoms with Crippen molar-refractivity contribution in [1.82, 2.24) is 9.97 Å². The lowest BCUT2D eigenvalue weighted by atomic mass is 9.89. The first-order valence-electron chi connectivity index (χ1n) is 9.55. The zero-order valence-electron chi connectivity index (χ0n) is 15.6. The van der Waals surface area contributed by atoms with E-state index in [2.05, 4.69) is 38.9 Å². The van der Waals surface area contributed by atoms with Crippen LogP contribution in [0, 0.1) is 10.1 Å². The molecule has 0 atom stereocenters. The number of aryl methyl sites for hydroxylation is 2. The van der Waals surface area contributed by atoms with Gasteiger partial charge in [0.05, 0.1) is 10.3 Å². The maximum atomic E-state index is 11.1. The van der Waals surface area contributed by atoms with Gasteiger partial charge >= 0.3 is 0 Å². The van der Waals surface area contributed by atoms with Crippen LogP contribution in [0.15, 0.2) is 54.2 Å². The number of anilines is 2. The molecule has 7 heteroatoms. The highest BCUT2D eigenvalue weighted by atomic mass is 32.1. The van der Waals surface area contributed by atoms with Gasteiger partial charge in [-0.25, -0.2) is 9.97 Å². The summed E-state index contributed by atoms with van der Waals surface area (Å²) in [6.07, 6.45) is 6.31. The highest BCUT2D eigenvalue weighted by Gasteiger charge is 2.16. The summed E-state index contributed by atoms with van der Waals surface area (Å²) in [6, 6.07) is 13.2. The molecule has 0 aliphatic heterocycles. The van der Waals surface area contributed by atoms with Crippen LogP contribution in [0.3, 0.4) is 0 Å². The number of rotatable bonds is 4. The van der Waals surface area contributed by atoms with Crippen LogP contribution in [-0.2, 0) is 12.8 Å². The van der Waals surface area contributed by atoms with Crippen molar-refractivity contribution in [3.63, 3.8) is 0 Å². The second-order valence-corrected chi connectivity index (χ2v) is 8.03. The lowest BCUT2D eigenvalue weighted by Crippen LogP contribution is -2.02. The lowest BCUT2D eigenvalue weighted by molar-refractivity contribution is -0.384. The first-order valence-corrected chi connectivity index (χ1v) is 10.4. The quantitative estimate of drug-likeness (QED) is 0.340. The van der Waals surface area contributed by atoms with E-state index in [4.69, 9.17) is 0 Å². The van der Waals surface area contributed by atoms with E-state index >= 15 is 0 Å². The molecule has 1 N–H and O–H groups in total. The molecule has 1 aliphatic carbocycles. The van der Waals surface area contributed by atoms with Crippen molar-refractivity contribution in [2.75, 3.05) is 5.32 Å². The summed E-state index contributed by atoms with van der Waals surface area (Å²) in [5, 5.41) is 17.4.